The van der Waals surface area contributed by atoms with Crippen molar-refractivity contribution in [3.05, 3.63) is 77.4 Å². The number of amides is 2. The number of carbonyl (C=O) groups is 3. The fourth-order valence-electron chi connectivity index (χ4n) is 5.17. The number of hydrogen-bond acceptors (Lipinski definition) is 6. The van der Waals surface area contributed by atoms with Gasteiger partial charge >= 0.3 is 6.09 Å². The molecular weight excluding hydrogens is 424 g/mol. The van der Waals surface area contributed by atoms with E-state index in [-0.39, 0.29) is 31.5 Å². The number of alkyl carbamates (subject to hydrolysis) is 1. The van der Waals surface area contributed by atoms with E-state index in [9.17, 15) is 14.4 Å². The first-order valence-electron chi connectivity index (χ1n) is 10.8. The van der Waals surface area contributed by atoms with E-state index in [1.54, 1.807) is 6.08 Å². The molecule has 2 aromatic rings. The van der Waals surface area contributed by atoms with E-state index in [0.29, 0.717) is 11.3 Å². The molecule has 0 aromatic heterocycles. The molecule has 2 bridgehead atoms. The third-order valence-corrected chi connectivity index (χ3v) is 6.74. The highest BCUT2D eigenvalue weighted by atomic mass is 16.7. The van der Waals surface area contributed by atoms with Crippen LogP contribution in [0, 0.1) is 5.92 Å². The minimum absolute atomic E-state index is 0.115. The van der Waals surface area contributed by atoms with Gasteiger partial charge in [-0.25, -0.2) is 4.79 Å². The Balaban J connectivity index is 1.48. The van der Waals surface area contributed by atoms with Crippen molar-refractivity contribution in [2.75, 3.05) is 18.8 Å². The normalized spacial score (nSPS) is 27.7. The first-order chi connectivity index (χ1) is 16.1. The quantitative estimate of drug-likeness (QED) is 0.707. The summed E-state index contributed by atoms with van der Waals surface area (Å²) >= 11 is 0. The lowest BCUT2D eigenvalue weighted by molar-refractivity contribution is -0.133. The summed E-state index contributed by atoms with van der Waals surface area (Å²) in [6.07, 6.45) is 1.47. The van der Waals surface area contributed by atoms with Crippen LogP contribution in [-0.4, -0.2) is 44.1 Å². The van der Waals surface area contributed by atoms with E-state index < -0.39 is 23.7 Å². The molecule has 8 nitrogen and oxygen atoms in total. The number of anilines is 1. The molecular formula is C25H24N2O6. The van der Waals surface area contributed by atoms with Crippen LogP contribution in [0.1, 0.15) is 17.5 Å². The monoisotopic (exact) mass is 448 g/mol. The molecule has 0 saturated carbocycles. The molecule has 1 N–H and O–H groups in total. The number of hydroxylamine groups is 1. The molecule has 0 radical (unpaired) electrons. The third-order valence-electron chi connectivity index (χ3n) is 6.74. The summed E-state index contributed by atoms with van der Waals surface area (Å²) in [7, 11) is 1.44. The number of nitrogens with zero attached hydrogens (tertiary/aromatic N) is 1. The number of hydrogen-bond donors (Lipinski definition) is 1. The van der Waals surface area contributed by atoms with Crippen molar-refractivity contribution in [3.63, 3.8) is 0 Å². The summed E-state index contributed by atoms with van der Waals surface area (Å²) in [4.78, 5) is 43.7. The van der Waals surface area contributed by atoms with Crippen LogP contribution < -0.4 is 10.4 Å². The Morgan fingerprint density at radius 2 is 1.97 bits per heavy atom. The summed E-state index contributed by atoms with van der Waals surface area (Å²) < 4.78 is 11.5. The van der Waals surface area contributed by atoms with Gasteiger partial charge in [0.1, 0.15) is 18.3 Å². The van der Waals surface area contributed by atoms with Gasteiger partial charge in [-0.05, 0) is 35.3 Å². The van der Waals surface area contributed by atoms with Crippen molar-refractivity contribution in [2.24, 2.45) is 5.92 Å². The number of benzene rings is 2. The Morgan fingerprint density at radius 1 is 1.21 bits per heavy atom. The van der Waals surface area contributed by atoms with Crippen LogP contribution >= 0.6 is 0 Å². The van der Waals surface area contributed by atoms with Crippen LogP contribution in [0.25, 0.3) is 0 Å². The standard InChI is InChI=1S/C25H24N2O6/c1-31-27-21-10-6-5-9-19(21)25(23(27)29)12-20(18-15-32-22(25)11-17(18)13-28)26-24(30)33-14-16-7-3-2-4-8-16/h2-11,13,18,20,22H,12,14-15H2,1H3,(H,26,30). The first-order valence-corrected chi connectivity index (χ1v) is 10.8. The third kappa shape index (κ3) is 3.42. The van der Waals surface area contributed by atoms with Crippen molar-refractivity contribution < 1.29 is 28.7 Å². The average molecular weight is 448 g/mol. The number of para-hydroxylation sites is 1. The number of nitrogens with one attached hydrogen (secondary N) is 1. The topological polar surface area (TPSA) is 94.2 Å². The molecule has 8 heteroatoms. The SMILES string of the molecule is CON1C(=O)C2(CC(NC(=O)OCc3ccccc3)C3COC2C=C3C=O)c2ccccc21. The van der Waals surface area contributed by atoms with Gasteiger partial charge in [-0.3, -0.25) is 14.4 Å². The second-order valence-corrected chi connectivity index (χ2v) is 8.43. The van der Waals surface area contributed by atoms with Gasteiger partial charge in [-0.1, -0.05) is 48.5 Å². The summed E-state index contributed by atoms with van der Waals surface area (Å²) in [5.41, 5.74) is 1.61. The number of rotatable bonds is 5. The fourth-order valence-corrected chi connectivity index (χ4v) is 5.17. The molecule has 1 saturated heterocycles. The smallest absolute Gasteiger partial charge is 0.407 e. The molecule has 4 atom stereocenters. The maximum absolute atomic E-state index is 13.7. The molecule has 1 aliphatic carbocycles. The van der Waals surface area contributed by atoms with Gasteiger partial charge < -0.3 is 14.8 Å². The van der Waals surface area contributed by atoms with Gasteiger partial charge in [-0.15, -0.1) is 0 Å². The summed E-state index contributed by atoms with van der Waals surface area (Å²) in [5, 5.41) is 4.16. The molecule has 33 heavy (non-hydrogen) atoms. The predicted molar refractivity (Wildman–Crippen MR) is 118 cm³/mol. The second kappa shape index (κ2) is 8.46. The van der Waals surface area contributed by atoms with Gasteiger partial charge in [-0.2, -0.15) is 5.06 Å². The number of aldehydes is 1. The van der Waals surface area contributed by atoms with E-state index in [2.05, 4.69) is 5.32 Å². The highest BCUT2D eigenvalue weighted by molar-refractivity contribution is 6.07. The highest BCUT2D eigenvalue weighted by Gasteiger charge is 2.61. The Bertz CT molecular complexity index is 1120. The average Bonchev–Trinajstić information content (AvgIpc) is 2.94. The number of fused-ring (bicyclic) bond motifs is 3. The van der Waals surface area contributed by atoms with E-state index in [1.807, 2.05) is 54.6 Å². The Labute approximate surface area is 191 Å². The summed E-state index contributed by atoms with van der Waals surface area (Å²) in [6, 6.07) is 16.2. The van der Waals surface area contributed by atoms with Crippen molar-refractivity contribution in [1.29, 1.82) is 0 Å². The van der Waals surface area contributed by atoms with Crippen LogP contribution in [0.15, 0.2) is 66.2 Å². The Kier molecular flexibility index (Phi) is 5.47. The molecule has 3 aliphatic heterocycles. The summed E-state index contributed by atoms with van der Waals surface area (Å²) in [5.74, 6) is -0.677. The predicted octanol–water partition coefficient (Wildman–Crippen LogP) is 2.67. The van der Waals surface area contributed by atoms with E-state index in [0.717, 1.165) is 17.4 Å². The van der Waals surface area contributed by atoms with E-state index in [4.69, 9.17) is 14.3 Å². The van der Waals surface area contributed by atoms with Crippen molar-refractivity contribution >= 4 is 24.0 Å². The van der Waals surface area contributed by atoms with Crippen molar-refractivity contribution in [1.82, 2.24) is 5.32 Å². The van der Waals surface area contributed by atoms with Gasteiger partial charge in [0.2, 0.25) is 0 Å². The van der Waals surface area contributed by atoms with Crippen molar-refractivity contribution in [3.8, 4) is 0 Å². The molecule has 4 unspecified atom stereocenters. The van der Waals surface area contributed by atoms with Gasteiger partial charge in [0.15, 0.2) is 0 Å². The van der Waals surface area contributed by atoms with Crippen LogP contribution in [0.5, 0.6) is 0 Å². The molecule has 2 amide bonds. The zero-order valence-electron chi connectivity index (χ0n) is 18.1. The molecule has 3 heterocycles. The molecule has 4 aliphatic rings. The lowest BCUT2D eigenvalue weighted by Gasteiger charge is -2.33. The van der Waals surface area contributed by atoms with Crippen LogP contribution in [0.2, 0.25) is 0 Å². The lowest BCUT2D eigenvalue weighted by atomic mass is 9.72. The van der Waals surface area contributed by atoms with E-state index >= 15 is 0 Å². The zero-order valence-corrected chi connectivity index (χ0v) is 18.1. The highest BCUT2D eigenvalue weighted by Crippen LogP contribution is 2.52. The van der Waals surface area contributed by atoms with E-state index in [1.165, 1.54) is 12.2 Å². The molecule has 1 fully saturated rings. The van der Waals surface area contributed by atoms with Gasteiger partial charge in [0, 0.05) is 12.0 Å². The molecule has 1 spiro atoms. The minimum Gasteiger partial charge on any atom is -0.445 e. The largest absolute Gasteiger partial charge is 0.445 e. The minimum atomic E-state index is -1.14. The molecule has 2 aromatic carbocycles. The molecule has 6 rings (SSSR count). The maximum Gasteiger partial charge on any atom is 0.407 e. The number of ether oxygens (including phenoxy) is 2. The van der Waals surface area contributed by atoms with Crippen molar-refractivity contribution in [2.45, 2.75) is 30.6 Å². The first kappa shape index (κ1) is 21.4. The maximum atomic E-state index is 13.7. The Morgan fingerprint density at radius 3 is 2.73 bits per heavy atom. The zero-order chi connectivity index (χ0) is 23.0. The van der Waals surface area contributed by atoms with Gasteiger partial charge in [0.25, 0.3) is 5.91 Å². The second-order valence-electron chi connectivity index (χ2n) is 8.43. The number of carbonyl (C=O) groups excluding carboxylic acids is 3. The van der Waals surface area contributed by atoms with Crippen LogP contribution in [0.4, 0.5) is 10.5 Å². The fraction of sp³-hybridized carbons (Fsp3) is 0.320. The molecule has 170 valence electrons. The van der Waals surface area contributed by atoms with Crippen LogP contribution in [-0.2, 0) is 35.9 Å². The van der Waals surface area contributed by atoms with Crippen LogP contribution in [0.3, 0.4) is 0 Å². The Hall–Kier alpha value is -3.49. The summed E-state index contributed by atoms with van der Waals surface area (Å²) in [6.45, 7) is 0.326. The van der Waals surface area contributed by atoms with Gasteiger partial charge in [0.05, 0.1) is 25.5 Å². The lowest BCUT2D eigenvalue weighted by Crippen LogP contribution is -2.51.